The molecule has 0 saturated carbocycles. The van der Waals surface area contributed by atoms with Gasteiger partial charge in [0.05, 0.1) is 0 Å². The van der Waals surface area contributed by atoms with Gasteiger partial charge < -0.3 is 4.74 Å². The number of ether oxygens (including phenoxy) is 1. The molecule has 0 spiro atoms. The molecule has 2 rings (SSSR count). The van der Waals surface area contributed by atoms with Gasteiger partial charge in [-0.05, 0) is 24.1 Å². The predicted octanol–water partition coefficient (Wildman–Crippen LogP) is 3.63. The van der Waals surface area contributed by atoms with Crippen molar-refractivity contribution in [2.75, 3.05) is 0 Å². The molecule has 1 aliphatic rings. The van der Waals surface area contributed by atoms with E-state index in [1.807, 2.05) is 30.3 Å². The van der Waals surface area contributed by atoms with Gasteiger partial charge in [0, 0.05) is 16.5 Å². The molecule has 0 aliphatic carbocycles. The lowest BCUT2D eigenvalue weighted by molar-refractivity contribution is -0.147. The van der Waals surface area contributed by atoms with E-state index in [-0.39, 0.29) is 18.0 Å². The summed E-state index contributed by atoms with van der Waals surface area (Å²) in [6, 6.07) is 7.91. The fraction of sp³-hybridized carbons (Fsp3) is 0.308. The van der Waals surface area contributed by atoms with Crippen molar-refractivity contribution in [3.8, 4) is 0 Å². The van der Waals surface area contributed by atoms with Gasteiger partial charge in [0.25, 0.3) is 0 Å². The monoisotopic (exact) mass is 280 g/mol. The highest BCUT2D eigenvalue weighted by Gasteiger charge is 2.26. The molecule has 3 heteroatoms. The third-order valence-electron chi connectivity index (χ3n) is 2.76. The average molecular weight is 281 g/mol. The Bertz CT molecular complexity index is 426. The number of hydrogen-bond donors (Lipinski definition) is 0. The third kappa shape index (κ3) is 2.35. The van der Waals surface area contributed by atoms with E-state index in [0.717, 1.165) is 16.5 Å². The van der Waals surface area contributed by atoms with E-state index in [0.29, 0.717) is 0 Å². The summed E-state index contributed by atoms with van der Waals surface area (Å²) in [4.78, 5) is 11.3. The van der Waals surface area contributed by atoms with Crippen molar-refractivity contribution in [1.82, 2.24) is 0 Å². The summed E-state index contributed by atoms with van der Waals surface area (Å²) in [5.74, 6) is 0.0154. The van der Waals surface area contributed by atoms with Gasteiger partial charge in [0.1, 0.15) is 6.10 Å². The maximum Gasteiger partial charge on any atom is 0.331 e. The Balaban J connectivity index is 2.31. The predicted molar refractivity (Wildman–Crippen MR) is 65.9 cm³/mol. The number of cyclic esters (lactones) is 1. The van der Waals surface area contributed by atoms with Crippen LogP contribution in [0.25, 0.3) is 0 Å². The molecule has 2 atom stereocenters. The summed E-state index contributed by atoms with van der Waals surface area (Å²) in [7, 11) is 0. The molecule has 0 amide bonds. The number of carbonyl (C=O) groups is 1. The van der Waals surface area contributed by atoms with Crippen LogP contribution < -0.4 is 0 Å². The number of hydrogen-bond acceptors (Lipinski definition) is 2. The molecule has 0 bridgehead atoms. The van der Waals surface area contributed by atoms with E-state index in [2.05, 4.69) is 22.9 Å². The molecule has 0 radical (unpaired) electrons. The molecule has 1 aromatic carbocycles. The van der Waals surface area contributed by atoms with Crippen molar-refractivity contribution in [2.45, 2.75) is 19.4 Å². The topological polar surface area (TPSA) is 26.3 Å². The zero-order chi connectivity index (χ0) is 11.5. The maximum absolute atomic E-state index is 11.3. The second-order valence-corrected chi connectivity index (χ2v) is 4.76. The normalized spacial score (nSPS) is 24.2. The van der Waals surface area contributed by atoms with Crippen molar-refractivity contribution >= 4 is 21.9 Å². The summed E-state index contributed by atoms with van der Waals surface area (Å²) >= 11 is 3.43. The first kappa shape index (κ1) is 11.4. The second kappa shape index (κ2) is 4.83. The van der Waals surface area contributed by atoms with Crippen LogP contribution in [0.2, 0.25) is 0 Å². The second-order valence-electron chi connectivity index (χ2n) is 3.84. The molecule has 0 unspecified atom stereocenters. The highest BCUT2D eigenvalue weighted by molar-refractivity contribution is 9.10. The van der Waals surface area contributed by atoms with Crippen LogP contribution in [0.5, 0.6) is 0 Å². The molecule has 2 nitrogen and oxygen atoms in total. The first-order valence-corrected chi connectivity index (χ1v) is 6.14. The molecule has 1 aliphatic heterocycles. The quantitative estimate of drug-likeness (QED) is 0.774. The summed E-state index contributed by atoms with van der Waals surface area (Å²) in [6.07, 6.45) is 4.26. The van der Waals surface area contributed by atoms with Gasteiger partial charge in [-0.3, -0.25) is 0 Å². The van der Waals surface area contributed by atoms with Crippen LogP contribution in [-0.2, 0) is 9.53 Å². The number of benzene rings is 1. The molecule has 1 aromatic rings. The Morgan fingerprint density at radius 1 is 1.44 bits per heavy atom. The van der Waals surface area contributed by atoms with Gasteiger partial charge in [-0.25, -0.2) is 4.79 Å². The summed E-state index contributed by atoms with van der Waals surface area (Å²) in [6.45, 7) is 2.10. The van der Waals surface area contributed by atoms with Crippen LogP contribution in [0.3, 0.4) is 0 Å². The van der Waals surface area contributed by atoms with E-state index < -0.39 is 0 Å². The summed E-state index contributed by atoms with van der Waals surface area (Å²) < 4.78 is 6.39. The van der Waals surface area contributed by atoms with Crippen LogP contribution >= 0.6 is 15.9 Å². The lowest BCUT2D eigenvalue weighted by Gasteiger charge is -2.27. The van der Waals surface area contributed by atoms with Crippen LogP contribution in [0, 0.1) is 5.92 Å². The third-order valence-corrected chi connectivity index (χ3v) is 3.25. The smallest absolute Gasteiger partial charge is 0.331 e. The fourth-order valence-electron chi connectivity index (χ4n) is 1.90. The number of halogens is 1. The number of esters is 1. The van der Waals surface area contributed by atoms with Crippen molar-refractivity contribution in [1.29, 1.82) is 0 Å². The standard InChI is InChI=1S/C13H13BrO2/c1-2-9-6-7-12(15)16-13(9)10-4-3-5-11(14)8-10/h3-9,13H,2H2,1H3/t9-,13+/m0/s1. The fourth-order valence-corrected chi connectivity index (χ4v) is 2.32. The molecule has 0 aromatic heterocycles. The van der Waals surface area contributed by atoms with Gasteiger partial charge in [-0.2, -0.15) is 0 Å². The molecule has 1 heterocycles. The lowest BCUT2D eigenvalue weighted by atomic mass is 9.91. The summed E-state index contributed by atoms with van der Waals surface area (Å²) in [5.41, 5.74) is 1.04. The molecule has 0 fully saturated rings. The number of rotatable bonds is 2. The zero-order valence-electron chi connectivity index (χ0n) is 9.02. The maximum atomic E-state index is 11.3. The van der Waals surface area contributed by atoms with Crippen molar-refractivity contribution < 1.29 is 9.53 Å². The molecule has 16 heavy (non-hydrogen) atoms. The van der Waals surface area contributed by atoms with Crippen LogP contribution in [0.15, 0.2) is 40.9 Å². The summed E-state index contributed by atoms with van der Waals surface area (Å²) in [5, 5.41) is 0. The molecule has 84 valence electrons. The van der Waals surface area contributed by atoms with Crippen LogP contribution in [0.4, 0.5) is 0 Å². The zero-order valence-corrected chi connectivity index (χ0v) is 10.6. The highest BCUT2D eigenvalue weighted by atomic mass is 79.9. The van der Waals surface area contributed by atoms with E-state index in [1.54, 1.807) is 0 Å². The van der Waals surface area contributed by atoms with Crippen molar-refractivity contribution in [3.05, 3.63) is 46.5 Å². The van der Waals surface area contributed by atoms with Crippen LogP contribution in [0.1, 0.15) is 25.0 Å². The molecular formula is C13H13BrO2. The highest BCUT2D eigenvalue weighted by Crippen LogP contribution is 2.33. The Kier molecular flexibility index (Phi) is 3.44. The lowest BCUT2D eigenvalue weighted by Crippen LogP contribution is -2.21. The Morgan fingerprint density at radius 3 is 2.94 bits per heavy atom. The molecule has 0 N–H and O–H groups in total. The minimum atomic E-state index is -0.255. The minimum Gasteiger partial charge on any atom is -0.454 e. The first-order chi connectivity index (χ1) is 7.70. The van der Waals surface area contributed by atoms with Gasteiger partial charge in [0.2, 0.25) is 0 Å². The van der Waals surface area contributed by atoms with Gasteiger partial charge in [0.15, 0.2) is 0 Å². The van der Waals surface area contributed by atoms with Gasteiger partial charge >= 0.3 is 5.97 Å². The largest absolute Gasteiger partial charge is 0.454 e. The van der Waals surface area contributed by atoms with Crippen molar-refractivity contribution in [3.63, 3.8) is 0 Å². The minimum absolute atomic E-state index is 0.153. The average Bonchev–Trinajstić information content (AvgIpc) is 2.29. The van der Waals surface area contributed by atoms with E-state index in [9.17, 15) is 4.79 Å². The SMILES string of the molecule is CC[C@H]1C=CC(=O)O[C@H]1c1cccc(Br)c1. The molecular weight excluding hydrogens is 268 g/mol. The van der Waals surface area contributed by atoms with E-state index in [1.165, 1.54) is 6.08 Å². The molecule has 0 saturated heterocycles. The van der Waals surface area contributed by atoms with Gasteiger partial charge in [-0.15, -0.1) is 0 Å². The van der Waals surface area contributed by atoms with Crippen LogP contribution in [-0.4, -0.2) is 5.97 Å². The Hall–Kier alpha value is -1.09. The first-order valence-electron chi connectivity index (χ1n) is 5.35. The Morgan fingerprint density at radius 2 is 2.25 bits per heavy atom. The Labute approximate surface area is 103 Å². The van der Waals surface area contributed by atoms with Crippen molar-refractivity contribution in [2.24, 2.45) is 5.92 Å². The van der Waals surface area contributed by atoms with E-state index in [4.69, 9.17) is 4.74 Å². The van der Waals surface area contributed by atoms with Gasteiger partial charge in [-0.1, -0.05) is 41.1 Å². The number of carbonyl (C=O) groups excluding carboxylic acids is 1. The van der Waals surface area contributed by atoms with E-state index >= 15 is 0 Å².